The third kappa shape index (κ3) is 4.26. The first-order valence-electron chi connectivity index (χ1n) is 16.9. The van der Waals surface area contributed by atoms with Crippen molar-refractivity contribution in [1.82, 2.24) is 19.5 Å². The molecule has 0 atom stereocenters. The summed E-state index contributed by atoms with van der Waals surface area (Å²) in [7, 11) is 0. The molecule has 4 heterocycles. The third-order valence-corrected chi connectivity index (χ3v) is 9.88. The Balaban J connectivity index is 1.08. The van der Waals surface area contributed by atoms with Crippen LogP contribution in [0.1, 0.15) is 0 Å². The number of nitrogens with zero attached hydrogens (tertiary/aromatic N) is 4. The van der Waals surface area contributed by atoms with Gasteiger partial charge in [-0.15, -0.1) is 0 Å². The first kappa shape index (κ1) is 27.9. The molecule has 6 heteroatoms. The summed E-state index contributed by atoms with van der Waals surface area (Å²) in [6.07, 6.45) is 0. The number of furan rings is 2. The van der Waals surface area contributed by atoms with E-state index in [0.717, 1.165) is 87.9 Å². The van der Waals surface area contributed by atoms with Crippen LogP contribution in [0.4, 0.5) is 0 Å². The van der Waals surface area contributed by atoms with Crippen LogP contribution in [-0.4, -0.2) is 19.5 Å². The highest BCUT2D eigenvalue weighted by Crippen LogP contribution is 2.40. The third-order valence-electron chi connectivity index (χ3n) is 9.88. The molecule has 0 aliphatic heterocycles. The second kappa shape index (κ2) is 10.7. The maximum atomic E-state index is 6.59. The van der Waals surface area contributed by atoms with Crippen molar-refractivity contribution >= 4 is 65.7 Å². The van der Waals surface area contributed by atoms with Crippen LogP contribution in [-0.2, 0) is 0 Å². The lowest BCUT2D eigenvalue weighted by Gasteiger charge is -2.10. The second-order valence-corrected chi connectivity index (χ2v) is 12.8. The fourth-order valence-electron chi connectivity index (χ4n) is 7.55. The summed E-state index contributed by atoms with van der Waals surface area (Å²) >= 11 is 0. The summed E-state index contributed by atoms with van der Waals surface area (Å²) in [5.74, 6) is 1.74. The van der Waals surface area contributed by atoms with E-state index in [0.29, 0.717) is 17.6 Å². The van der Waals surface area contributed by atoms with E-state index in [1.807, 2.05) is 60.7 Å². The van der Waals surface area contributed by atoms with Crippen molar-refractivity contribution in [3.63, 3.8) is 0 Å². The molecule has 238 valence electrons. The molecular weight excluding hydrogens is 629 g/mol. The van der Waals surface area contributed by atoms with Crippen molar-refractivity contribution in [2.24, 2.45) is 0 Å². The maximum Gasteiger partial charge on any atom is 0.238 e. The van der Waals surface area contributed by atoms with Gasteiger partial charge in [0.1, 0.15) is 22.3 Å². The Bertz CT molecular complexity index is 3100. The summed E-state index contributed by atoms with van der Waals surface area (Å²) in [6.45, 7) is 0. The van der Waals surface area contributed by atoms with Crippen LogP contribution in [0.25, 0.3) is 106 Å². The van der Waals surface area contributed by atoms with Gasteiger partial charge in [-0.05, 0) is 59.7 Å². The lowest BCUT2D eigenvalue weighted by atomic mass is 9.98. The highest BCUT2D eigenvalue weighted by Gasteiger charge is 2.19. The Hall–Kier alpha value is -7.05. The minimum atomic E-state index is 0.562. The quantitative estimate of drug-likeness (QED) is 0.189. The molecule has 11 aromatic rings. The minimum Gasteiger partial charge on any atom is -0.456 e. The van der Waals surface area contributed by atoms with Crippen LogP contribution >= 0.6 is 0 Å². The summed E-state index contributed by atoms with van der Waals surface area (Å²) in [6, 6.07) is 53.9. The van der Waals surface area contributed by atoms with Gasteiger partial charge < -0.3 is 8.83 Å². The summed E-state index contributed by atoms with van der Waals surface area (Å²) in [5.41, 5.74) is 9.36. The van der Waals surface area contributed by atoms with Crippen molar-refractivity contribution < 1.29 is 8.83 Å². The van der Waals surface area contributed by atoms with Crippen molar-refractivity contribution in [2.75, 3.05) is 0 Å². The highest BCUT2D eigenvalue weighted by atomic mass is 16.3. The molecule has 0 aliphatic carbocycles. The van der Waals surface area contributed by atoms with E-state index < -0.39 is 0 Å². The smallest absolute Gasteiger partial charge is 0.238 e. The average molecular weight is 655 g/mol. The van der Waals surface area contributed by atoms with E-state index in [9.17, 15) is 0 Å². The number of para-hydroxylation sites is 3. The normalized spacial score (nSPS) is 11.9. The Morgan fingerprint density at radius 2 is 0.941 bits per heavy atom. The first-order valence-corrected chi connectivity index (χ1v) is 16.9. The van der Waals surface area contributed by atoms with Gasteiger partial charge in [0.05, 0.1) is 11.0 Å². The predicted octanol–water partition coefficient (Wildman–Crippen LogP) is 11.8. The molecule has 6 nitrogen and oxygen atoms in total. The number of fused-ring (bicyclic) bond motifs is 9. The van der Waals surface area contributed by atoms with E-state index >= 15 is 0 Å². The Kier molecular flexibility index (Phi) is 5.86. The second-order valence-electron chi connectivity index (χ2n) is 12.8. The monoisotopic (exact) mass is 654 g/mol. The van der Waals surface area contributed by atoms with Gasteiger partial charge in [0, 0.05) is 43.4 Å². The molecule has 0 N–H and O–H groups in total. The van der Waals surface area contributed by atoms with Gasteiger partial charge in [-0.1, -0.05) is 109 Å². The van der Waals surface area contributed by atoms with E-state index in [2.05, 4.69) is 102 Å². The van der Waals surface area contributed by atoms with Crippen LogP contribution < -0.4 is 0 Å². The van der Waals surface area contributed by atoms with E-state index in [1.165, 1.54) is 0 Å². The number of aromatic nitrogens is 4. The molecule has 4 aromatic heterocycles. The van der Waals surface area contributed by atoms with E-state index in [4.69, 9.17) is 23.8 Å². The van der Waals surface area contributed by atoms with Crippen LogP contribution in [0.2, 0.25) is 0 Å². The molecule has 11 rings (SSSR count). The number of hydrogen-bond acceptors (Lipinski definition) is 5. The van der Waals surface area contributed by atoms with E-state index in [-0.39, 0.29) is 0 Å². The van der Waals surface area contributed by atoms with Crippen molar-refractivity contribution in [3.8, 4) is 39.9 Å². The molecule has 0 saturated heterocycles. The number of benzene rings is 7. The molecular formula is C45H26N4O2. The first-order chi connectivity index (χ1) is 25.3. The van der Waals surface area contributed by atoms with Crippen LogP contribution in [0.5, 0.6) is 0 Å². The Morgan fingerprint density at radius 3 is 1.69 bits per heavy atom. The van der Waals surface area contributed by atoms with Gasteiger partial charge in [0.15, 0.2) is 11.6 Å². The summed E-state index contributed by atoms with van der Waals surface area (Å²) < 4.78 is 14.9. The molecule has 51 heavy (non-hydrogen) atoms. The van der Waals surface area contributed by atoms with Gasteiger partial charge in [0.25, 0.3) is 0 Å². The molecule has 0 spiro atoms. The van der Waals surface area contributed by atoms with Gasteiger partial charge in [-0.25, -0.2) is 4.98 Å². The molecule has 0 aliphatic rings. The zero-order valence-corrected chi connectivity index (χ0v) is 27.1. The lowest BCUT2D eigenvalue weighted by molar-refractivity contribution is 0.668. The molecule has 0 unspecified atom stereocenters. The molecule has 0 amide bonds. The Labute approximate surface area is 290 Å². The molecule has 0 radical (unpaired) electrons. The molecule has 0 saturated carbocycles. The zero-order valence-electron chi connectivity index (χ0n) is 27.1. The van der Waals surface area contributed by atoms with Gasteiger partial charge in [-0.2, -0.15) is 9.97 Å². The Morgan fingerprint density at radius 1 is 0.373 bits per heavy atom. The van der Waals surface area contributed by atoms with Gasteiger partial charge >= 0.3 is 0 Å². The number of rotatable bonds is 4. The largest absolute Gasteiger partial charge is 0.456 e. The van der Waals surface area contributed by atoms with Crippen molar-refractivity contribution in [2.45, 2.75) is 0 Å². The van der Waals surface area contributed by atoms with Gasteiger partial charge in [-0.3, -0.25) is 4.57 Å². The van der Waals surface area contributed by atoms with Crippen LogP contribution in [0, 0.1) is 0 Å². The summed E-state index contributed by atoms with van der Waals surface area (Å²) in [4.78, 5) is 15.2. The zero-order chi connectivity index (χ0) is 33.5. The average Bonchev–Trinajstić information content (AvgIpc) is 3.87. The van der Waals surface area contributed by atoms with E-state index in [1.54, 1.807) is 0 Å². The van der Waals surface area contributed by atoms with Crippen LogP contribution in [0.15, 0.2) is 167 Å². The molecule has 0 fully saturated rings. The topological polar surface area (TPSA) is 69.9 Å². The van der Waals surface area contributed by atoms with Gasteiger partial charge in [0.2, 0.25) is 5.95 Å². The fraction of sp³-hybridized carbons (Fsp3) is 0. The summed E-state index contributed by atoms with van der Waals surface area (Å²) in [5, 5.41) is 6.59. The fourth-order valence-corrected chi connectivity index (χ4v) is 7.55. The van der Waals surface area contributed by atoms with Crippen molar-refractivity contribution in [3.05, 3.63) is 158 Å². The van der Waals surface area contributed by atoms with Crippen LogP contribution in [0.3, 0.4) is 0 Å². The van der Waals surface area contributed by atoms with Crippen molar-refractivity contribution in [1.29, 1.82) is 0 Å². The number of hydrogen-bond donors (Lipinski definition) is 0. The maximum absolute atomic E-state index is 6.59. The minimum absolute atomic E-state index is 0.562. The standard InChI is InChI=1S/C45H26N4O2/c1-2-11-27(12-3-1)43-46-44(48-45(47-43)49-36-17-7-4-13-31(36)32-14-5-8-18-37(32)49)29-22-24-34-33-23-21-28(25-40(33)51-41(34)26-29)30-16-10-20-39-42(30)35-15-6-9-19-38(35)50-39/h1-26H. The highest BCUT2D eigenvalue weighted by molar-refractivity contribution is 6.14. The lowest BCUT2D eigenvalue weighted by Crippen LogP contribution is -2.06. The molecule has 0 bridgehead atoms. The SMILES string of the molecule is c1ccc(-c2nc(-c3ccc4c(c3)oc3cc(-c5cccc6oc7ccccc7c56)ccc34)nc(-n3c4ccccc4c4ccccc43)n2)cc1. The molecule has 7 aromatic carbocycles. The predicted molar refractivity (Wildman–Crippen MR) is 205 cm³/mol.